The van der Waals surface area contributed by atoms with E-state index in [1.54, 1.807) is 0 Å². The van der Waals surface area contributed by atoms with E-state index in [1.807, 2.05) is 13.8 Å². The summed E-state index contributed by atoms with van der Waals surface area (Å²) < 4.78 is 24.9. The predicted octanol–water partition coefficient (Wildman–Crippen LogP) is 0.334. The van der Waals surface area contributed by atoms with E-state index in [4.69, 9.17) is 5.11 Å². The number of hydrogen-bond donors (Lipinski definition) is 2. The van der Waals surface area contributed by atoms with Crippen LogP contribution in [0.4, 0.5) is 0 Å². The van der Waals surface area contributed by atoms with Crippen molar-refractivity contribution in [2.75, 3.05) is 18.9 Å². The largest absolute Gasteiger partial charge is 0.396 e. The molecule has 0 aromatic carbocycles. The molecule has 0 amide bonds. The van der Waals surface area contributed by atoms with Crippen molar-refractivity contribution in [1.29, 1.82) is 0 Å². The number of sulfonamides is 1. The van der Waals surface area contributed by atoms with Crippen LogP contribution in [-0.4, -0.2) is 32.4 Å². The molecule has 0 aromatic heterocycles. The van der Waals surface area contributed by atoms with Gasteiger partial charge in [0.1, 0.15) is 0 Å². The molecule has 0 radical (unpaired) electrons. The highest BCUT2D eigenvalue weighted by atomic mass is 32.2. The van der Waals surface area contributed by atoms with E-state index in [2.05, 4.69) is 4.72 Å². The number of aliphatic hydroxyl groups excluding tert-OH is 1. The average molecular weight is 209 g/mol. The fourth-order valence-electron chi connectivity index (χ4n) is 0.770. The fourth-order valence-corrected chi connectivity index (χ4v) is 2.15. The third kappa shape index (κ3) is 8.21. The van der Waals surface area contributed by atoms with Gasteiger partial charge in [0.25, 0.3) is 0 Å². The highest BCUT2D eigenvalue weighted by Crippen LogP contribution is 2.01. The molecule has 4 nitrogen and oxygen atoms in total. The zero-order valence-electron chi connectivity index (χ0n) is 8.28. The van der Waals surface area contributed by atoms with Gasteiger partial charge in [0.15, 0.2) is 0 Å². The Morgan fingerprint density at radius 1 is 1.38 bits per heavy atom. The molecule has 0 aliphatic rings. The first kappa shape index (κ1) is 12.9. The topological polar surface area (TPSA) is 66.4 Å². The molecule has 0 aromatic rings. The standard InChI is InChI=1S/C8H19NO3S/c1-8(2)4-7-13(11,12)9-5-3-6-10/h8-10H,3-7H2,1-2H3. The Kier molecular flexibility index (Phi) is 6.28. The lowest BCUT2D eigenvalue weighted by molar-refractivity contribution is 0.289. The molecule has 0 aliphatic carbocycles. The van der Waals surface area contributed by atoms with Gasteiger partial charge < -0.3 is 5.11 Å². The van der Waals surface area contributed by atoms with Gasteiger partial charge in [-0.25, -0.2) is 13.1 Å². The molecule has 80 valence electrons. The summed E-state index contributed by atoms with van der Waals surface area (Å²) >= 11 is 0. The lowest BCUT2D eigenvalue weighted by Crippen LogP contribution is -2.28. The number of rotatable bonds is 7. The Morgan fingerprint density at radius 3 is 2.46 bits per heavy atom. The maximum atomic E-state index is 11.2. The zero-order valence-corrected chi connectivity index (χ0v) is 9.10. The molecule has 0 saturated heterocycles. The molecule has 0 spiro atoms. The van der Waals surface area contributed by atoms with Crippen LogP contribution in [0.25, 0.3) is 0 Å². The summed E-state index contributed by atoms with van der Waals surface area (Å²) in [5.41, 5.74) is 0. The van der Waals surface area contributed by atoms with Crippen LogP contribution in [-0.2, 0) is 10.0 Å². The average Bonchev–Trinajstić information content (AvgIpc) is 2.02. The van der Waals surface area contributed by atoms with Crippen molar-refractivity contribution in [3.8, 4) is 0 Å². The van der Waals surface area contributed by atoms with Gasteiger partial charge in [0.05, 0.1) is 5.75 Å². The zero-order chi connectivity index (χ0) is 10.3. The smallest absolute Gasteiger partial charge is 0.211 e. The molecule has 0 aliphatic heterocycles. The highest BCUT2D eigenvalue weighted by molar-refractivity contribution is 7.89. The van der Waals surface area contributed by atoms with E-state index in [9.17, 15) is 8.42 Å². The summed E-state index contributed by atoms with van der Waals surface area (Å²) in [6, 6.07) is 0. The van der Waals surface area contributed by atoms with E-state index in [1.165, 1.54) is 0 Å². The van der Waals surface area contributed by atoms with E-state index in [0.717, 1.165) is 0 Å². The summed E-state index contributed by atoms with van der Waals surface area (Å²) in [4.78, 5) is 0. The molecule has 0 bridgehead atoms. The van der Waals surface area contributed by atoms with E-state index < -0.39 is 10.0 Å². The first-order valence-electron chi connectivity index (χ1n) is 4.56. The minimum Gasteiger partial charge on any atom is -0.396 e. The van der Waals surface area contributed by atoms with Gasteiger partial charge in [-0.3, -0.25) is 0 Å². The van der Waals surface area contributed by atoms with Crippen molar-refractivity contribution in [3.63, 3.8) is 0 Å². The minimum atomic E-state index is -3.11. The lowest BCUT2D eigenvalue weighted by atomic mass is 10.2. The van der Waals surface area contributed by atoms with E-state index in [-0.39, 0.29) is 12.4 Å². The summed E-state index contributed by atoms with van der Waals surface area (Å²) in [6.45, 7) is 4.33. The van der Waals surface area contributed by atoms with Crippen molar-refractivity contribution >= 4 is 10.0 Å². The lowest BCUT2D eigenvalue weighted by Gasteiger charge is -2.07. The third-order valence-electron chi connectivity index (χ3n) is 1.62. The first-order valence-corrected chi connectivity index (χ1v) is 6.21. The van der Waals surface area contributed by atoms with Gasteiger partial charge in [-0.15, -0.1) is 0 Å². The van der Waals surface area contributed by atoms with Crippen LogP contribution in [0.15, 0.2) is 0 Å². The van der Waals surface area contributed by atoms with Crippen LogP contribution < -0.4 is 4.72 Å². The second-order valence-corrected chi connectivity index (χ2v) is 5.40. The highest BCUT2D eigenvalue weighted by Gasteiger charge is 2.09. The van der Waals surface area contributed by atoms with Crippen molar-refractivity contribution in [3.05, 3.63) is 0 Å². The fraction of sp³-hybridized carbons (Fsp3) is 1.00. The van der Waals surface area contributed by atoms with Crippen LogP contribution in [0.3, 0.4) is 0 Å². The molecule has 0 saturated carbocycles. The van der Waals surface area contributed by atoms with E-state index >= 15 is 0 Å². The maximum absolute atomic E-state index is 11.2. The van der Waals surface area contributed by atoms with Crippen LogP contribution in [0.2, 0.25) is 0 Å². The van der Waals surface area contributed by atoms with Crippen LogP contribution in [0.1, 0.15) is 26.7 Å². The number of nitrogens with one attached hydrogen (secondary N) is 1. The monoisotopic (exact) mass is 209 g/mol. The second-order valence-electron chi connectivity index (χ2n) is 3.47. The number of hydrogen-bond acceptors (Lipinski definition) is 3. The predicted molar refractivity (Wildman–Crippen MR) is 52.9 cm³/mol. The van der Waals surface area contributed by atoms with Gasteiger partial charge >= 0.3 is 0 Å². The Labute approximate surface area is 80.4 Å². The molecule has 5 heteroatoms. The first-order chi connectivity index (χ1) is 5.98. The second kappa shape index (κ2) is 6.34. The Bertz CT molecular complexity index is 211. The third-order valence-corrected chi connectivity index (χ3v) is 3.04. The summed E-state index contributed by atoms with van der Waals surface area (Å²) in [5.74, 6) is 0.574. The Balaban J connectivity index is 3.68. The van der Waals surface area contributed by atoms with Crippen LogP contribution >= 0.6 is 0 Å². The number of aliphatic hydroxyl groups is 1. The molecule has 2 N–H and O–H groups in total. The normalized spacial score (nSPS) is 12.3. The van der Waals surface area contributed by atoms with Crippen LogP contribution in [0.5, 0.6) is 0 Å². The van der Waals surface area contributed by atoms with E-state index in [0.29, 0.717) is 25.3 Å². The minimum absolute atomic E-state index is 0.0205. The summed E-state index contributed by atoms with van der Waals surface area (Å²) in [6.07, 6.45) is 1.15. The van der Waals surface area contributed by atoms with Gasteiger partial charge in [0.2, 0.25) is 10.0 Å². The quantitative estimate of drug-likeness (QED) is 0.594. The molecule has 0 heterocycles. The molecule has 0 fully saturated rings. The SMILES string of the molecule is CC(C)CCS(=O)(=O)NCCCO. The van der Waals surface area contributed by atoms with Crippen molar-refractivity contribution in [2.24, 2.45) is 5.92 Å². The summed E-state index contributed by atoms with van der Waals surface area (Å²) in [5, 5.41) is 8.45. The van der Waals surface area contributed by atoms with Crippen LogP contribution in [0, 0.1) is 5.92 Å². The van der Waals surface area contributed by atoms with Gasteiger partial charge in [-0.1, -0.05) is 13.8 Å². The van der Waals surface area contributed by atoms with Gasteiger partial charge in [0, 0.05) is 13.2 Å². The maximum Gasteiger partial charge on any atom is 0.211 e. The summed E-state index contributed by atoms with van der Waals surface area (Å²) in [7, 11) is -3.11. The molecular weight excluding hydrogens is 190 g/mol. The molecule has 0 atom stereocenters. The van der Waals surface area contributed by atoms with Crippen molar-refractivity contribution in [2.45, 2.75) is 26.7 Å². The molecule has 13 heavy (non-hydrogen) atoms. The Hall–Kier alpha value is -0.130. The Morgan fingerprint density at radius 2 is 2.00 bits per heavy atom. The molecule has 0 unspecified atom stereocenters. The van der Waals surface area contributed by atoms with Gasteiger partial charge in [-0.05, 0) is 18.8 Å². The molecule has 0 rings (SSSR count). The van der Waals surface area contributed by atoms with Gasteiger partial charge in [-0.2, -0.15) is 0 Å². The molecular formula is C8H19NO3S. The van der Waals surface area contributed by atoms with Crippen molar-refractivity contribution in [1.82, 2.24) is 4.72 Å². The van der Waals surface area contributed by atoms with Crippen molar-refractivity contribution < 1.29 is 13.5 Å².